The molecule has 0 saturated heterocycles. The average Bonchev–Trinajstić information content (AvgIpc) is 2.87. The van der Waals surface area contributed by atoms with Gasteiger partial charge in [-0.2, -0.15) is 11.3 Å². The highest BCUT2D eigenvalue weighted by molar-refractivity contribution is 7.07. The Kier molecular flexibility index (Phi) is 2.71. The summed E-state index contributed by atoms with van der Waals surface area (Å²) in [5.41, 5.74) is -0.135. The smallest absolute Gasteiger partial charge is 0.319 e. The van der Waals surface area contributed by atoms with Gasteiger partial charge in [-0.1, -0.05) is 0 Å². The van der Waals surface area contributed by atoms with Crippen LogP contribution in [0.4, 0.5) is 0 Å². The van der Waals surface area contributed by atoms with Crippen molar-refractivity contribution in [3.05, 3.63) is 22.4 Å². The summed E-state index contributed by atoms with van der Waals surface area (Å²) >= 11 is 1.56. The lowest BCUT2D eigenvalue weighted by Crippen LogP contribution is -2.38. The zero-order valence-corrected chi connectivity index (χ0v) is 9.71. The molecule has 0 radical (unpaired) electrons. The maximum absolute atomic E-state index is 11.8. The molecule has 1 fully saturated rings. The number of carboxylic acid groups (broad SMARTS) is 1. The minimum Gasteiger partial charge on any atom is -0.480 e. The van der Waals surface area contributed by atoms with Crippen LogP contribution in [-0.4, -0.2) is 17.0 Å². The first kappa shape index (κ1) is 11.1. The normalized spacial score (nSPS) is 18.8. The zero-order chi connectivity index (χ0) is 11.8. The number of hydrogen-bond donors (Lipinski definition) is 2. The first-order valence-electron chi connectivity index (χ1n) is 5.13. The second kappa shape index (κ2) is 3.90. The molecule has 5 heteroatoms. The second-order valence-electron chi connectivity index (χ2n) is 4.14. The molecule has 1 saturated carbocycles. The lowest BCUT2D eigenvalue weighted by atomic mass is 10.1. The molecule has 1 atom stereocenters. The molecule has 4 nitrogen and oxygen atoms in total. The fourth-order valence-electron chi connectivity index (χ4n) is 1.60. The van der Waals surface area contributed by atoms with E-state index >= 15 is 0 Å². The summed E-state index contributed by atoms with van der Waals surface area (Å²) in [4.78, 5) is 22.7. The van der Waals surface area contributed by atoms with Crippen LogP contribution in [0.5, 0.6) is 0 Å². The molecule has 86 valence electrons. The first-order chi connectivity index (χ1) is 7.56. The molecular weight excluding hydrogens is 226 g/mol. The molecule has 1 aromatic rings. The molecule has 2 N–H and O–H groups in total. The van der Waals surface area contributed by atoms with Gasteiger partial charge in [0.05, 0.1) is 6.04 Å². The number of rotatable bonds is 4. The van der Waals surface area contributed by atoms with Gasteiger partial charge in [-0.05, 0) is 42.2 Å². The number of amides is 1. The average molecular weight is 239 g/mol. The zero-order valence-electron chi connectivity index (χ0n) is 8.90. The second-order valence-corrected chi connectivity index (χ2v) is 4.92. The lowest BCUT2D eigenvalue weighted by Gasteiger charge is -2.16. The molecule has 1 unspecified atom stereocenters. The topological polar surface area (TPSA) is 66.4 Å². The van der Waals surface area contributed by atoms with Crippen LogP contribution in [0.3, 0.4) is 0 Å². The van der Waals surface area contributed by atoms with Gasteiger partial charge in [0.25, 0.3) is 0 Å². The number of carbonyl (C=O) groups is 2. The maximum atomic E-state index is 11.8. The highest BCUT2D eigenvalue weighted by Gasteiger charge is 2.57. The monoisotopic (exact) mass is 239 g/mol. The highest BCUT2D eigenvalue weighted by atomic mass is 32.1. The first-order valence-corrected chi connectivity index (χ1v) is 6.07. The van der Waals surface area contributed by atoms with E-state index in [9.17, 15) is 9.59 Å². The molecule has 1 heterocycles. The molecule has 0 bridgehead atoms. The van der Waals surface area contributed by atoms with Gasteiger partial charge in [0.2, 0.25) is 5.91 Å². The molecule has 1 aromatic heterocycles. The van der Waals surface area contributed by atoms with Gasteiger partial charge in [0, 0.05) is 0 Å². The molecule has 0 spiro atoms. The summed E-state index contributed by atoms with van der Waals surface area (Å²) in [6, 6.07) is 1.80. The highest BCUT2D eigenvalue weighted by Crippen LogP contribution is 2.46. The molecule has 0 aromatic carbocycles. The van der Waals surface area contributed by atoms with Crippen molar-refractivity contribution in [1.82, 2.24) is 5.32 Å². The number of aliphatic carboxylic acids is 1. The molecule has 2 rings (SSSR count). The SMILES string of the molecule is CC(NC(=O)C1(C(=O)O)CC1)c1ccsc1. The van der Waals surface area contributed by atoms with Crippen LogP contribution in [0.25, 0.3) is 0 Å². The summed E-state index contributed by atoms with van der Waals surface area (Å²) in [5, 5.41) is 15.6. The summed E-state index contributed by atoms with van der Waals surface area (Å²) in [6.07, 6.45) is 0.898. The minimum atomic E-state index is -1.15. The van der Waals surface area contributed by atoms with Crippen molar-refractivity contribution in [2.75, 3.05) is 0 Å². The van der Waals surface area contributed by atoms with Crippen molar-refractivity contribution in [1.29, 1.82) is 0 Å². The van der Waals surface area contributed by atoms with Gasteiger partial charge in [-0.25, -0.2) is 0 Å². The van der Waals surface area contributed by atoms with Crippen molar-refractivity contribution in [3.63, 3.8) is 0 Å². The van der Waals surface area contributed by atoms with Crippen molar-refractivity contribution >= 4 is 23.2 Å². The van der Waals surface area contributed by atoms with E-state index in [2.05, 4.69) is 5.32 Å². The van der Waals surface area contributed by atoms with E-state index in [-0.39, 0.29) is 11.9 Å². The summed E-state index contributed by atoms with van der Waals surface area (Å²) in [6.45, 7) is 1.86. The van der Waals surface area contributed by atoms with Crippen LogP contribution in [0.15, 0.2) is 16.8 Å². The van der Waals surface area contributed by atoms with E-state index in [1.54, 1.807) is 11.3 Å². The van der Waals surface area contributed by atoms with E-state index in [1.807, 2.05) is 23.8 Å². The van der Waals surface area contributed by atoms with E-state index in [0.717, 1.165) is 5.56 Å². The number of carboxylic acids is 1. The number of thiophene rings is 1. The lowest BCUT2D eigenvalue weighted by molar-refractivity contribution is -0.149. The van der Waals surface area contributed by atoms with Crippen molar-refractivity contribution in [3.8, 4) is 0 Å². The Morgan fingerprint density at radius 2 is 2.25 bits per heavy atom. The van der Waals surface area contributed by atoms with Gasteiger partial charge >= 0.3 is 5.97 Å². The largest absolute Gasteiger partial charge is 0.480 e. The summed E-state index contributed by atoms with van der Waals surface area (Å²) in [7, 11) is 0. The predicted octanol–water partition coefficient (Wildman–Crippen LogP) is 1.79. The molecule has 16 heavy (non-hydrogen) atoms. The van der Waals surface area contributed by atoms with E-state index in [0.29, 0.717) is 12.8 Å². The Labute approximate surface area is 97.3 Å². The van der Waals surface area contributed by atoms with Crippen molar-refractivity contribution < 1.29 is 14.7 Å². The standard InChI is InChI=1S/C11H13NO3S/c1-7(8-2-5-16-6-8)12-9(13)11(3-4-11)10(14)15/h2,5-7H,3-4H2,1H3,(H,12,13)(H,14,15). The molecule has 1 aliphatic carbocycles. The van der Waals surface area contributed by atoms with E-state index in [1.165, 1.54) is 0 Å². The van der Waals surface area contributed by atoms with Gasteiger partial charge < -0.3 is 10.4 Å². The Hall–Kier alpha value is -1.36. The predicted molar refractivity (Wildman–Crippen MR) is 60.2 cm³/mol. The van der Waals surface area contributed by atoms with E-state index < -0.39 is 11.4 Å². The number of hydrogen-bond acceptors (Lipinski definition) is 3. The maximum Gasteiger partial charge on any atom is 0.319 e. The minimum absolute atomic E-state index is 0.129. The Balaban J connectivity index is 2.01. The van der Waals surface area contributed by atoms with E-state index in [4.69, 9.17) is 5.11 Å². The fourth-order valence-corrected chi connectivity index (χ4v) is 2.36. The van der Waals surface area contributed by atoms with Gasteiger partial charge in [-0.3, -0.25) is 9.59 Å². The van der Waals surface area contributed by atoms with Crippen molar-refractivity contribution in [2.24, 2.45) is 5.41 Å². The molecule has 1 aliphatic rings. The Morgan fingerprint density at radius 1 is 1.56 bits per heavy atom. The Morgan fingerprint density at radius 3 is 2.69 bits per heavy atom. The fraction of sp³-hybridized carbons (Fsp3) is 0.455. The van der Waals surface area contributed by atoms with Crippen LogP contribution in [-0.2, 0) is 9.59 Å². The third-order valence-corrected chi connectivity index (χ3v) is 3.69. The molecular formula is C11H13NO3S. The summed E-state index contributed by atoms with van der Waals surface area (Å²) < 4.78 is 0. The van der Waals surface area contributed by atoms with Crippen molar-refractivity contribution in [2.45, 2.75) is 25.8 Å². The Bertz CT molecular complexity index is 409. The third kappa shape index (κ3) is 1.82. The molecule has 1 amide bonds. The van der Waals surface area contributed by atoms with Crippen LogP contribution >= 0.6 is 11.3 Å². The van der Waals surface area contributed by atoms with Crippen LogP contribution in [0, 0.1) is 5.41 Å². The summed E-state index contributed by atoms with van der Waals surface area (Å²) in [5.74, 6) is -1.37. The number of carbonyl (C=O) groups excluding carboxylic acids is 1. The van der Waals surface area contributed by atoms with Gasteiger partial charge in [0.15, 0.2) is 0 Å². The van der Waals surface area contributed by atoms with Gasteiger partial charge in [0.1, 0.15) is 5.41 Å². The van der Waals surface area contributed by atoms with Gasteiger partial charge in [-0.15, -0.1) is 0 Å². The van der Waals surface area contributed by atoms with Crippen LogP contribution in [0.1, 0.15) is 31.4 Å². The third-order valence-electron chi connectivity index (χ3n) is 2.98. The van der Waals surface area contributed by atoms with Crippen LogP contribution < -0.4 is 5.32 Å². The number of nitrogens with one attached hydrogen (secondary N) is 1. The quantitative estimate of drug-likeness (QED) is 0.787. The molecule has 0 aliphatic heterocycles. The van der Waals surface area contributed by atoms with Crippen LogP contribution in [0.2, 0.25) is 0 Å².